The molecule has 2 rings (SSSR count). The van der Waals surface area contributed by atoms with E-state index in [9.17, 15) is 4.39 Å². The highest BCUT2D eigenvalue weighted by molar-refractivity contribution is 9.10. The smallest absolute Gasteiger partial charge is 0.129 e. The van der Waals surface area contributed by atoms with Gasteiger partial charge in [-0.15, -0.1) is 0 Å². The van der Waals surface area contributed by atoms with Crippen molar-refractivity contribution in [1.82, 2.24) is 10.3 Å². The first-order valence-corrected chi connectivity index (χ1v) is 7.57. The fourth-order valence-electron chi connectivity index (χ4n) is 2.15. The lowest BCUT2D eigenvalue weighted by atomic mass is 9.99. The van der Waals surface area contributed by atoms with E-state index in [1.165, 1.54) is 6.07 Å². The van der Waals surface area contributed by atoms with Gasteiger partial charge in [-0.3, -0.25) is 4.98 Å². The molecule has 106 valence electrons. The molecule has 0 bridgehead atoms. The van der Waals surface area contributed by atoms with E-state index in [1.807, 2.05) is 24.3 Å². The van der Waals surface area contributed by atoms with Crippen molar-refractivity contribution < 1.29 is 4.39 Å². The fraction of sp³-hybridized carbons (Fsp3) is 0.312. The second kappa shape index (κ2) is 7.50. The number of nitrogens with zero attached hydrogens (tertiary/aromatic N) is 1. The highest BCUT2D eigenvalue weighted by atomic mass is 79.9. The Labute approximate surface area is 127 Å². The largest absolute Gasteiger partial charge is 0.310 e. The Morgan fingerprint density at radius 3 is 2.65 bits per heavy atom. The summed E-state index contributed by atoms with van der Waals surface area (Å²) in [5, 5.41) is 3.42. The van der Waals surface area contributed by atoms with Crippen LogP contribution in [0.5, 0.6) is 0 Å². The minimum Gasteiger partial charge on any atom is -0.310 e. The number of nitrogens with one attached hydrogen (secondary N) is 1. The number of hydrogen-bond donors (Lipinski definition) is 1. The molecule has 0 spiro atoms. The zero-order valence-corrected chi connectivity index (χ0v) is 13.0. The molecule has 1 unspecified atom stereocenters. The molecule has 0 aliphatic carbocycles. The molecule has 0 radical (unpaired) electrons. The lowest BCUT2D eigenvalue weighted by Crippen LogP contribution is -2.25. The van der Waals surface area contributed by atoms with Gasteiger partial charge in [0.1, 0.15) is 5.82 Å². The van der Waals surface area contributed by atoms with E-state index < -0.39 is 0 Å². The molecule has 20 heavy (non-hydrogen) atoms. The molecule has 1 aromatic heterocycles. The van der Waals surface area contributed by atoms with Gasteiger partial charge in [-0.2, -0.15) is 0 Å². The van der Waals surface area contributed by atoms with Crippen molar-refractivity contribution in [3.05, 3.63) is 64.1 Å². The molecule has 1 heterocycles. The van der Waals surface area contributed by atoms with Crippen molar-refractivity contribution >= 4 is 15.9 Å². The first-order valence-electron chi connectivity index (χ1n) is 6.78. The van der Waals surface area contributed by atoms with Gasteiger partial charge in [-0.1, -0.05) is 28.9 Å². The minimum atomic E-state index is -0.179. The summed E-state index contributed by atoms with van der Waals surface area (Å²) in [6, 6.07) is 9.15. The van der Waals surface area contributed by atoms with Crippen molar-refractivity contribution in [2.24, 2.45) is 0 Å². The number of benzene rings is 1. The van der Waals surface area contributed by atoms with E-state index in [2.05, 4.69) is 33.2 Å². The van der Waals surface area contributed by atoms with Crippen molar-refractivity contribution in [3.63, 3.8) is 0 Å². The molecule has 0 saturated carbocycles. The van der Waals surface area contributed by atoms with Gasteiger partial charge in [-0.25, -0.2) is 4.39 Å². The van der Waals surface area contributed by atoms with Crippen LogP contribution >= 0.6 is 15.9 Å². The number of aromatic nitrogens is 1. The first kappa shape index (κ1) is 15.1. The van der Waals surface area contributed by atoms with E-state index in [0.717, 1.165) is 29.4 Å². The Bertz CT molecular complexity index is 545. The van der Waals surface area contributed by atoms with Crippen molar-refractivity contribution in [1.29, 1.82) is 0 Å². The second-order valence-corrected chi connectivity index (χ2v) is 5.65. The molecule has 2 aromatic rings. The molecule has 4 heteroatoms. The zero-order chi connectivity index (χ0) is 14.4. The molecule has 1 N–H and O–H groups in total. The number of halogens is 2. The summed E-state index contributed by atoms with van der Waals surface area (Å²) in [5.41, 5.74) is 1.86. The number of pyridine rings is 1. The average molecular weight is 337 g/mol. The Hall–Kier alpha value is -1.26. The van der Waals surface area contributed by atoms with Gasteiger partial charge >= 0.3 is 0 Å². The zero-order valence-electron chi connectivity index (χ0n) is 11.4. The van der Waals surface area contributed by atoms with Gasteiger partial charge in [0.2, 0.25) is 0 Å². The summed E-state index contributed by atoms with van der Waals surface area (Å²) in [5.74, 6) is -0.179. The highest BCUT2D eigenvalue weighted by Gasteiger charge is 2.16. The summed E-state index contributed by atoms with van der Waals surface area (Å²) in [6.07, 6.45) is 5.31. The van der Waals surface area contributed by atoms with Crippen LogP contribution in [0.1, 0.15) is 30.5 Å². The summed E-state index contributed by atoms with van der Waals surface area (Å²) in [4.78, 5) is 4.02. The van der Waals surface area contributed by atoms with Gasteiger partial charge in [0.15, 0.2) is 0 Å². The van der Waals surface area contributed by atoms with Crippen molar-refractivity contribution in [2.75, 3.05) is 6.54 Å². The van der Waals surface area contributed by atoms with Crippen LogP contribution in [0, 0.1) is 5.82 Å². The third kappa shape index (κ3) is 4.12. The van der Waals surface area contributed by atoms with Crippen LogP contribution < -0.4 is 5.32 Å². The molecule has 0 amide bonds. The summed E-state index contributed by atoms with van der Waals surface area (Å²) in [7, 11) is 0. The molecule has 0 fully saturated rings. The summed E-state index contributed by atoms with van der Waals surface area (Å²) < 4.78 is 14.9. The Balaban J connectivity index is 2.22. The number of rotatable bonds is 6. The van der Waals surface area contributed by atoms with E-state index in [-0.39, 0.29) is 11.9 Å². The number of hydrogen-bond acceptors (Lipinski definition) is 2. The normalized spacial score (nSPS) is 12.3. The quantitative estimate of drug-likeness (QED) is 0.852. The molecule has 1 aromatic carbocycles. The van der Waals surface area contributed by atoms with E-state index in [0.29, 0.717) is 5.56 Å². The maximum Gasteiger partial charge on any atom is 0.129 e. The molecule has 0 aliphatic heterocycles. The van der Waals surface area contributed by atoms with Crippen LogP contribution in [0.4, 0.5) is 4.39 Å². The summed E-state index contributed by atoms with van der Waals surface area (Å²) >= 11 is 3.30. The second-order valence-electron chi connectivity index (χ2n) is 4.73. The third-order valence-electron chi connectivity index (χ3n) is 3.17. The SMILES string of the molecule is CCCNC(Cc1ccncc1)c1ccc(Br)cc1F. The third-order valence-corrected chi connectivity index (χ3v) is 3.66. The van der Waals surface area contributed by atoms with Crippen molar-refractivity contribution in [3.8, 4) is 0 Å². The standard InChI is InChI=1S/C16H18BrFN2/c1-2-7-20-16(10-12-5-8-19-9-6-12)14-4-3-13(17)11-15(14)18/h3-6,8-9,11,16,20H,2,7,10H2,1H3. The molecule has 1 atom stereocenters. The van der Waals surface area contributed by atoms with E-state index in [4.69, 9.17) is 0 Å². The minimum absolute atomic E-state index is 0.0227. The van der Waals surface area contributed by atoms with Gasteiger partial charge in [-0.05, 0) is 49.2 Å². The summed E-state index contributed by atoms with van der Waals surface area (Å²) in [6.45, 7) is 2.97. The van der Waals surface area contributed by atoms with Crippen LogP contribution in [-0.4, -0.2) is 11.5 Å². The monoisotopic (exact) mass is 336 g/mol. The Kier molecular flexibility index (Phi) is 5.68. The Morgan fingerprint density at radius 2 is 2.00 bits per heavy atom. The molecule has 2 nitrogen and oxygen atoms in total. The lowest BCUT2D eigenvalue weighted by Gasteiger charge is -2.20. The van der Waals surface area contributed by atoms with E-state index >= 15 is 0 Å². The molecule has 0 saturated heterocycles. The topological polar surface area (TPSA) is 24.9 Å². The van der Waals surface area contributed by atoms with Crippen LogP contribution in [0.25, 0.3) is 0 Å². The molecule has 0 aliphatic rings. The van der Waals surface area contributed by atoms with Gasteiger partial charge in [0, 0.05) is 28.5 Å². The predicted octanol–water partition coefficient (Wildman–Crippen LogP) is 4.27. The maximum atomic E-state index is 14.1. The van der Waals surface area contributed by atoms with E-state index in [1.54, 1.807) is 12.4 Å². The van der Waals surface area contributed by atoms with Gasteiger partial charge < -0.3 is 5.32 Å². The first-order chi connectivity index (χ1) is 9.70. The van der Waals surface area contributed by atoms with Crippen LogP contribution in [-0.2, 0) is 6.42 Å². The van der Waals surface area contributed by atoms with Crippen LogP contribution in [0.2, 0.25) is 0 Å². The van der Waals surface area contributed by atoms with Gasteiger partial charge in [0.05, 0.1) is 0 Å². The molecular weight excluding hydrogens is 319 g/mol. The average Bonchev–Trinajstić information content (AvgIpc) is 2.45. The fourth-order valence-corrected chi connectivity index (χ4v) is 2.48. The lowest BCUT2D eigenvalue weighted by molar-refractivity contribution is 0.496. The maximum absolute atomic E-state index is 14.1. The van der Waals surface area contributed by atoms with Gasteiger partial charge in [0.25, 0.3) is 0 Å². The van der Waals surface area contributed by atoms with Crippen molar-refractivity contribution in [2.45, 2.75) is 25.8 Å². The predicted molar refractivity (Wildman–Crippen MR) is 83.1 cm³/mol. The van der Waals surface area contributed by atoms with Crippen LogP contribution in [0.3, 0.4) is 0 Å². The Morgan fingerprint density at radius 1 is 1.25 bits per heavy atom. The highest BCUT2D eigenvalue weighted by Crippen LogP contribution is 2.24. The molecular formula is C16H18BrFN2. The van der Waals surface area contributed by atoms with Crippen LogP contribution in [0.15, 0.2) is 47.2 Å².